The van der Waals surface area contributed by atoms with E-state index in [1.165, 1.54) is 12.1 Å². The number of aromatic nitrogens is 1. The number of pyridine rings is 1. The first-order valence-corrected chi connectivity index (χ1v) is 8.02. The summed E-state index contributed by atoms with van der Waals surface area (Å²) in [5.41, 5.74) is 3.52. The van der Waals surface area contributed by atoms with Crippen LogP contribution in [0, 0.1) is 19.7 Å². The molecule has 0 radical (unpaired) electrons. The number of nitrogens with zero attached hydrogens (tertiary/aromatic N) is 1. The van der Waals surface area contributed by atoms with Gasteiger partial charge in [-0.25, -0.2) is 4.39 Å². The van der Waals surface area contributed by atoms with Crippen molar-refractivity contribution in [2.75, 3.05) is 0 Å². The van der Waals surface area contributed by atoms with Crippen molar-refractivity contribution < 1.29 is 4.39 Å². The topological polar surface area (TPSA) is 22.0 Å². The molecule has 0 amide bonds. The van der Waals surface area contributed by atoms with Gasteiger partial charge in [-0.2, -0.15) is 11.3 Å². The van der Waals surface area contributed by atoms with E-state index in [0.29, 0.717) is 22.4 Å². The summed E-state index contributed by atoms with van der Waals surface area (Å²) < 4.78 is 15.3. The number of rotatable bonds is 2. The molecule has 0 N–H and O–H groups in total. The molecular weight excluding hydrogens is 321 g/mol. The standard InChI is InChI=1S/C17H13ClFNOS/c1-10-8-20(13-5-6-22-9-13)16(11(2)17(10)21)14-4-3-12(19)7-15(14)18/h3-9H,1-2H3. The maximum atomic E-state index is 13.3. The van der Waals surface area contributed by atoms with Gasteiger partial charge < -0.3 is 4.57 Å². The zero-order chi connectivity index (χ0) is 15.9. The monoisotopic (exact) mass is 333 g/mol. The highest BCUT2D eigenvalue weighted by Crippen LogP contribution is 2.32. The second-order valence-corrected chi connectivity index (χ2v) is 6.28. The van der Waals surface area contributed by atoms with Gasteiger partial charge in [0.05, 0.1) is 16.4 Å². The van der Waals surface area contributed by atoms with Gasteiger partial charge in [0.1, 0.15) is 5.82 Å². The molecule has 0 fully saturated rings. The summed E-state index contributed by atoms with van der Waals surface area (Å²) in [6, 6.07) is 6.19. The Hall–Kier alpha value is -1.91. The summed E-state index contributed by atoms with van der Waals surface area (Å²) in [5.74, 6) is -0.400. The Morgan fingerprint density at radius 3 is 2.64 bits per heavy atom. The first kappa shape index (κ1) is 15.0. The van der Waals surface area contributed by atoms with Gasteiger partial charge in [0.25, 0.3) is 0 Å². The van der Waals surface area contributed by atoms with Crippen molar-refractivity contribution in [1.29, 1.82) is 0 Å². The number of aryl methyl sites for hydroxylation is 1. The maximum absolute atomic E-state index is 13.3. The van der Waals surface area contributed by atoms with Crippen LogP contribution in [0.1, 0.15) is 11.1 Å². The van der Waals surface area contributed by atoms with Gasteiger partial charge in [-0.05, 0) is 43.5 Å². The molecule has 3 aromatic rings. The van der Waals surface area contributed by atoms with Crippen LogP contribution in [-0.2, 0) is 0 Å². The first-order valence-electron chi connectivity index (χ1n) is 6.70. The van der Waals surface area contributed by atoms with E-state index in [9.17, 15) is 9.18 Å². The third kappa shape index (κ3) is 2.49. The number of halogens is 2. The molecule has 0 spiro atoms. The minimum absolute atomic E-state index is 0.0260. The molecule has 0 aliphatic rings. The van der Waals surface area contributed by atoms with Crippen molar-refractivity contribution in [2.24, 2.45) is 0 Å². The molecule has 0 bridgehead atoms. The van der Waals surface area contributed by atoms with Crippen LogP contribution in [0.3, 0.4) is 0 Å². The second-order valence-electron chi connectivity index (χ2n) is 5.09. The van der Waals surface area contributed by atoms with E-state index in [1.807, 2.05) is 21.4 Å². The van der Waals surface area contributed by atoms with Crippen LogP contribution in [0.15, 0.2) is 46.0 Å². The fourth-order valence-corrected chi connectivity index (χ4v) is 3.40. The summed E-state index contributed by atoms with van der Waals surface area (Å²) in [4.78, 5) is 12.3. The molecule has 2 nitrogen and oxygen atoms in total. The summed E-state index contributed by atoms with van der Waals surface area (Å²) in [6.07, 6.45) is 1.80. The third-order valence-corrected chi connectivity index (χ3v) is 4.57. The van der Waals surface area contributed by atoms with Gasteiger partial charge >= 0.3 is 0 Å². The van der Waals surface area contributed by atoms with Gasteiger partial charge in [-0.3, -0.25) is 4.79 Å². The predicted molar refractivity (Wildman–Crippen MR) is 89.8 cm³/mol. The highest BCUT2D eigenvalue weighted by Gasteiger charge is 2.16. The van der Waals surface area contributed by atoms with Crippen molar-refractivity contribution in [1.82, 2.24) is 4.57 Å². The van der Waals surface area contributed by atoms with Crippen LogP contribution in [0.25, 0.3) is 16.9 Å². The van der Waals surface area contributed by atoms with Gasteiger partial charge in [0.15, 0.2) is 5.43 Å². The third-order valence-electron chi connectivity index (χ3n) is 3.59. The highest BCUT2D eigenvalue weighted by atomic mass is 35.5. The van der Waals surface area contributed by atoms with Gasteiger partial charge in [-0.15, -0.1) is 0 Å². The van der Waals surface area contributed by atoms with Crippen LogP contribution in [0.4, 0.5) is 4.39 Å². The molecule has 0 saturated heterocycles. The average Bonchev–Trinajstić information content (AvgIpc) is 3.00. The highest BCUT2D eigenvalue weighted by molar-refractivity contribution is 7.08. The van der Waals surface area contributed by atoms with Gasteiger partial charge in [-0.1, -0.05) is 11.6 Å². The quantitative estimate of drug-likeness (QED) is 0.648. The van der Waals surface area contributed by atoms with E-state index >= 15 is 0 Å². The van der Waals surface area contributed by atoms with Crippen molar-refractivity contribution in [2.45, 2.75) is 13.8 Å². The molecule has 5 heteroatoms. The molecule has 112 valence electrons. The van der Waals surface area contributed by atoms with E-state index in [1.54, 1.807) is 37.4 Å². The van der Waals surface area contributed by atoms with Crippen LogP contribution >= 0.6 is 22.9 Å². The van der Waals surface area contributed by atoms with Crippen molar-refractivity contribution >= 4 is 22.9 Å². The fourth-order valence-electron chi connectivity index (χ4n) is 2.51. The van der Waals surface area contributed by atoms with E-state index in [4.69, 9.17) is 11.6 Å². The van der Waals surface area contributed by atoms with Crippen LogP contribution in [0.2, 0.25) is 5.02 Å². The number of hydrogen-bond donors (Lipinski definition) is 0. The predicted octanol–water partition coefficient (Wildman–Crippen LogP) is 4.98. The van der Waals surface area contributed by atoms with E-state index in [0.717, 1.165) is 5.69 Å². The fraction of sp³-hybridized carbons (Fsp3) is 0.118. The lowest BCUT2D eigenvalue weighted by molar-refractivity contribution is 0.628. The SMILES string of the molecule is Cc1cn(-c2ccsc2)c(-c2ccc(F)cc2Cl)c(C)c1=O. The van der Waals surface area contributed by atoms with E-state index in [2.05, 4.69) is 0 Å². The largest absolute Gasteiger partial charge is 0.315 e. The van der Waals surface area contributed by atoms with E-state index in [-0.39, 0.29) is 10.5 Å². The molecule has 1 aromatic carbocycles. The maximum Gasteiger partial charge on any atom is 0.188 e. The molecule has 3 rings (SSSR count). The Balaban J connectivity index is 2.39. The first-order chi connectivity index (χ1) is 10.5. The van der Waals surface area contributed by atoms with Crippen molar-refractivity contribution in [3.8, 4) is 16.9 Å². The Morgan fingerprint density at radius 2 is 2.00 bits per heavy atom. The molecule has 0 atom stereocenters. The summed E-state index contributed by atoms with van der Waals surface area (Å²) in [7, 11) is 0. The van der Waals surface area contributed by atoms with Crippen LogP contribution in [0.5, 0.6) is 0 Å². The molecule has 0 aliphatic heterocycles. The Labute approximate surface area is 136 Å². The second kappa shape index (κ2) is 5.71. The minimum Gasteiger partial charge on any atom is -0.315 e. The summed E-state index contributed by atoms with van der Waals surface area (Å²) in [6.45, 7) is 3.56. The molecular formula is C17H13ClFNOS. The van der Waals surface area contributed by atoms with Crippen molar-refractivity contribution in [3.05, 3.63) is 73.4 Å². The number of benzene rings is 1. The lowest BCUT2D eigenvalue weighted by Gasteiger charge is -2.17. The smallest absolute Gasteiger partial charge is 0.188 e. The van der Waals surface area contributed by atoms with Crippen LogP contribution < -0.4 is 5.43 Å². The molecule has 0 aliphatic carbocycles. The van der Waals surface area contributed by atoms with E-state index < -0.39 is 5.82 Å². The number of thiophene rings is 1. The van der Waals surface area contributed by atoms with Gasteiger partial charge in [0, 0.05) is 28.3 Å². The molecule has 2 heterocycles. The van der Waals surface area contributed by atoms with Crippen LogP contribution in [-0.4, -0.2) is 4.57 Å². The minimum atomic E-state index is -0.400. The molecule has 0 unspecified atom stereocenters. The average molecular weight is 334 g/mol. The molecule has 2 aromatic heterocycles. The zero-order valence-corrected chi connectivity index (χ0v) is 13.6. The zero-order valence-electron chi connectivity index (χ0n) is 12.1. The summed E-state index contributed by atoms with van der Waals surface area (Å²) >= 11 is 7.78. The Bertz CT molecular complexity index is 900. The number of hydrogen-bond acceptors (Lipinski definition) is 2. The molecule has 0 saturated carbocycles. The lowest BCUT2D eigenvalue weighted by Crippen LogP contribution is -2.16. The summed E-state index contributed by atoms with van der Waals surface area (Å²) in [5, 5.41) is 4.24. The lowest BCUT2D eigenvalue weighted by atomic mass is 10.0. The normalized spacial score (nSPS) is 10.9. The Morgan fingerprint density at radius 1 is 1.23 bits per heavy atom. The molecule has 22 heavy (non-hydrogen) atoms. The van der Waals surface area contributed by atoms with Gasteiger partial charge in [0.2, 0.25) is 0 Å². The van der Waals surface area contributed by atoms with Crippen molar-refractivity contribution in [3.63, 3.8) is 0 Å². The Kier molecular flexibility index (Phi) is 3.89.